The molecule has 8 heteroatoms. The van der Waals surface area contributed by atoms with Crippen LogP contribution in [0.3, 0.4) is 0 Å². The van der Waals surface area contributed by atoms with E-state index in [1.54, 1.807) is 11.7 Å². The molecule has 27 heavy (non-hydrogen) atoms. The number of nitrogens with one attached hydrogen (secondary N) is 1. The summed E-state index contributed by atoms with van der Waals surface area (Å²) in [5, 5.41) is 3.38. The van der Waals surface area contributed by atoms with E-state index in [4.69, 9.17) is 5.73 Å². The first-order valence-electron chi connectivity index (χ1n) is 8.92. The molecule has 6 nitrogen and oxygen atoms in total. The van der Waals surface area contributed by atoms with Crippen LogP contribution < -0.4 is 11.1 Å². The fourth-order valence-corrected chi connectivity index (χ4v) is 3.32. The van der Waals surface area contributed by atoms with E-state index >= 15 is 0 Å². The molecule has 1 aromatic carbocycles. The van der Waals surface area contributed by atoms with Crippen LogP contribution in [0.15, 0.2) is 36.0 Å². The molecule has 2 aromatic heterocycles. The number of para-hydroxylation sites is 1. The van der Waals surface area contributed by atoms with Crippen molar-refractivity contribution in [1.82, 2.24) is 15.3 Å². The number of amides is 1. The maximum absolute atomic E-state index is 11.4. The van der Waals surface area contributed by atoms with Gasteiger partial charge in [0, 0.05) is 6.54 Å². The number of carbonyl (C=O) groups is 2. The number of thiazole rings is 2. The van der Waals surface area contributed by atoms with Gasteiger partial charge in [0.15, 0.2) is 11.3 Å². The van der Waals surface area contributed by atoms with Crippen molar-refractivity contribution in [3.05, 3.63) is 45.9 Å². The van der Waals surface area contributed by atoms with E-state index in [1.807, 2.05) is 38.1 Å². The molecule has 3 aromatic rings. The van der Waals surface area contributed by atoms with Gasteiger partial charge in [0.1, 0.15) is 4.88 Å². The maximum Gasteiger partial charge on any atom is 0.262 e. The molecule has 0 unspecified atom stereocenters. The summed E-state index contributed by atoms with van der Waals surface area (Å²) in [7, 11) is 0. The minimum absolute atomic E-state index is 0.0275. The van der Waals surface area contributed by atoms with Crippen molar-refractivity contribution in [2.75, 3.05) is 13.1 Å². The highest BCUT2D eigenvalue weighted by Gasteiger charge is 2.05. The number of unbranched alkanes of at least 4 members (excludes halogenated alkanes) is 2. The second-order valence-corrected chi connectivity index (χ2v) is 7.06. The van der Waals surface area contributed by atoms with E-state index < -0.39 is 0 Å². The van der Waals surface area contributed by atoms with Crippen LogP contribution in [0.1, 0.15) is 52.6 Å². The molecule has 3 rings (SSSR count). The van der Waals surface area contributed by atoms with Crippen LogP contribution in [-0.4, -0.2) is 35.3 Å². The Hall–Kier alpha value is -2.16. The van der Waals surface area contributed by atoms with E-state index in [0.717, 1.165) is 48.9 Å². The van der Waals surface area contributed by atoms with Crippen LogP contribution in [-0.2, 0) is 0 Å². The molecule has 0 spiro atoms. The first-order valence-corrected chi connectivity index (χ1v) is 10.6. The van der Waals surface area contributed by atoms with Gasteiger partial charge in [0.05, 0.1) is 21.9 Å². The second-order valence-electron chi connectivity index (χ2n) is 5.11. The number of nitrogens with zero attached hydrogens (tertiary/aromatic N) is 2. The number of carbonyl (C=O) groups excluding carboxylic acids is 2. The van der Waals surface area contributed by atoms with Gasteiger partial charge in [-0.2, -0.15) is 0 Å². The van der Waals surface area contributed by atoms with Crippen molar-refractivity contribution in [2.45, 2.75) is 33.1 Å². The molecule has 0 atom stereocenters. The largest absolute Gasteiger partial charge is 0.351 e. The molecule has 2 heterocycles. The molecule has 0 saturated heterocycles. The smallest absolute Gasteiger partial charge is 0.262 e. The molecular weight excluding hydrogens is 380 g/mol. The minimum atomic E-state index is -0.0275. The van der Waals surface area contributed by atoms with Crippen molar-refractivity contribution in [3.8, 4) is 0 Å². The Labute approximate surface area is 167 Å². The number of hydrogen-bond acceptors (Lipinski definition) is 7. The van der Waals surface area contributed by atoms with Crippen molar-refractivity contribution in [2.24, 2.45) is 5.73 Å². The lowest BCUT2D eigenvalue weighted by molar-refractivity contribution is 0.0956. The van der Waals surface area contributed by atoms with Crippen LogP contribution in [0.5, 0.6) is 0 Å². The number of aldehydes is 1. The molecule has 0 aliphatic carbocycles. The molecule has 0 radical (unpaired) electrons. The van der Waals surface area contributed by atoms with Gasteiger partial charge in [-0.05, 0) is 31.5 Å². The zero-order valence-electron chi connectivity index (χ0n) is 15.7. The monoisotopic (exact) mass is 406 g/mol. The molecule has 1 amide bonds. The summed E-state index contributed by atoms with van der Waals surface area (Å²) in [5.41, 5.74) is 7.91. The lowest BCUT2D eigenvalue weighted by Crippen LogP contribution is -2.23. The Bertz CT molecular complexity index is 755. The molecule has 0 saturated carbocycles. The van der Waals surface area contributed by atoms with E-state index in [1.165, 1.54) is 22.7 Å². The highest BCUT2D eigenvalue weighted by atomic mass is 32.1. The van der Waals surface area contributed by atoms with Crippen LogP contribution >= 0.6 is 22.7 Å². The number of rotatable bonds is 7. The fraction of sp³-hybridized carbons (Fsp3) is 0.368. The first-order chi connectivity index (χ1) is 13.2. The number of hydrogen-bond donors (Lipinski definition) is 2. The highest BCUT2D eigenvalue weighted by molar-refractivity contribution is 7.20. The molecule has 146 valence electrons. The van der Waals surface area contributed by atoms with Crippen LogP contribution in [0.2, 0.25) is 0 Å². The van der Waals surface area contributed by atoms with Crippen molar-refractivity contribution >= 4 is 45.1 Å². The normalized spacial score (nSPS) is 9.59. The summed E-state index contributed by atoms with van der Waals surface area (Å²) in [6.07, 6.45) is 5.45. The standard InChI is InChI=1S/C9H15N3OS.C8H5NOS.C2H6/c10-4-2-1-3-5-12-9(13)8-6-11-7-14-8;10-5-8-9-6-3-1-2-4-7(6)11-8;1-2/h6-7H,1-5,10H2,(H,12,13);1-5H;1-2H3. The van der Waals surface area contributed by atoms with Gasteiger partial charge in [0.25, 0.3) is 5.91 Å². The van der Waals surface area contributed by atoms with Gasteiger partial charge in [-0.15, -0.1) is 22.7 Å². The Morgan fingerprint density at radius 3 is 2.63 bits per heavy atom. The SMILES string of the molecule is CC.NCCCCCNC(=O)c1cncs1.O=Cc1nc2ccccc2s1. The summed E-state index contributed by atoms with van der Waals surface area (Å²) >= 11 is 2.77. The lowest BCUT2D eigenvalue weighted by Gasteiger charge is -2.02. The molecule has 0 bridgehead atoms. The quantitative estimate of drug-likeness (QED) is 0.454. The summed E-state index contributed by atoms with van der Waals surface area (Å²) in [6, 6.07) is 7.71. The van der Waals surface area contributed by atoms with E-state index in [9.17, 15) is 9.59 Å². The summed E-state index contributed by atoms with van der Waals surface area (Å²) in [6.45, 7) is 5.44. The van der Waals surface area contributed by atoms with Gasteiger partial charge in [-0.3, -0.25) is 14.6 Å². The molecule has 0 fully saturated rings. The number of benzene rings is 1. The van der Waals surface area contributed by atoms with Gasteiger partial charge >= 0.3 is 0 Å². The first kappa shape index (κ1) is 22.9. The lowest BCUT2D eigenvalue weighted by atomic mass is 10.2. The van der Waals surface area contributed by atoms with E-state index in [-0.39, 0.29) is 5.91 Å². The second kappa shape index (κ2) is 14.0. The Morgan fingerprint density at radius 2 is 2.00 bits per heavy atom. The van der Waals surface area contributed by atoms with Crippen molar-refractivity contribution in [3.63, 3.8) is 0 Å². The Balaban J connectivity index is 0.000000252. The topological polar surface area (TPSA) is 98.0 Å². The summed E-state index contributed by atoms with van der Waals surface area (Å²) in [4.78, 5) is 30.3. The van der Waals surface area contributed by atoms with Gasteiger partial charge in [-0.1, -0.05) is 32.4 Å². The minimum Gasteiger partial charge on any atom is -0.351 e. The zero-order valence-corrected chi connectivity index (χ0v) is 17.3. The van der Waals surface area contributed by atoms with Crippen LogP contribution in [0, 0.1) is 0 Å². The molecular formula is C19H26N4O2S2. The summed E-state index contributed by atoms with van der Waals surface area (Å²) < 4.78 is 1.06. The van der Waals surface area contributed by atoms with Crippen LogP contribution in [0.4, 0.5) is 0 Å². The fourth-order valence-electron chi connectivity index (χ4n) is 2.00. The van der Waals surface area contributed by atoms with Gasteiger partial charge < -0.3 is 11.1 Å². The van der Waals surface area contributed by atoms with Gasteiger partial charge in [0.2, 0.25) is 0 Å². The number of fused-ring (bicyclic) bond motifs is 1. The Kier molecular flexibility index (Phi) is 11.8. The molecule has 0 aliphatic heterocycles. The number of aromatic nitrogens is 2. The van der Waals surface area contributed by atoms with E-state index in [0.29, 0.717) is 9.88 Å². The highest BCUT2D eigenvalue weighted by Crippen LogP contribution is 2.19. The number of nitrogens with two attached hydrogens (primary N) is 1. The predicted molar refractivity (Wildman–Crippen MR) is 114 cm³/mol. The maximum atomic E-state index is 11.4. The average Bonchev–Trinajstić information content (AvgIpc) is 3.39. The van der Waals surface area contributed by atoms with Gasteiger partial charge in [-0.25, -0.2) is 4.98 Å². The van der Waals surface area contributed by atoms with E-state index in [2.05, 4.69) is 15.3 Å². The third-order valence-electron chi connectivity index (χ3n) is 3.23. The van der Waals surface area contributed by atoms with Crippen molar-refractivity contribution in [1.29, 1.82) is 0 Å². The third-order valence-corrected chi connectivity index (χ3v) is 4.97. The summed E-state index contributed by atoms with van der Waals surface area (Å²) in [5.74, 6) is -0.0275. The third kappa shape index (κ3) is 8.38. The molecule has 0 aliphatic rings. The van der Waals surface area contributed by atoms with Crippen molar-refractivity contribution < 1.29 is 9.59 Å². The Morgan fingerprint density at radius 1 is 1.22 bits per heavy atom. The molecule has 3 N–H and O–H groups in total. The van der Waals surface area contributed by atoms with Crippen LogP contribution in [0.25, 0.3) is 10.2 Å². The average molecular weight is 407 g/mol. The predicted octanol–water partition coefficient (Wildman–Crippen LogP) is 4.14. The zero-order chi connectivity index (χ0) is 19.9.